The zero-order chi connectivity index (χ0) is 13.5. The van der Waals surface area contributed by atoms with Crippen LogP contribution >= 0.6 is 15.9 Å². The van der Waals surface area contributed by atoms with Gasteiger partial charge < -0.3 is 4.74 Å². The van der Waals surface area contributed by atoms with Gasteiger partial charge in [0, 0.05) is 10.0 Å². The molecule has 0 aliphatic rings. The molecular weight excluding hydrogens is 302 g/mol. The Morgan fingerprint density at radius 1 is 1.11 bits per heavy atom. The molecule has 2 aromatic rings. The molecule has 0 aliphatic heterocycles. The SMILES string of the molecule is [C-]#[N+]c1cccc(Br)c1OCC#Cc1ccccc1. The number of benzene rings is 2. The van der Waals surface area contributed by atoms with E-state index in [1.54, 1.807) is 12.1 Å². The van der Waals surface area contributed by atoms with Gasteiger partial charge in [0.15, 0.2) is 0 Å². The zero-order valence-electron chi connectivity index (χ0n) is 10.1. The van der Waals surface area contributed by atoms with Crippen molar-refractivity contribution in [2.45, 2.75) is 0 Å². The van der Waals surface area contributed by atoms with Crippen LogP contribution in [0.5, 0.6) is 5.75 Å². The normalized spacial score (nSPS) is 9.05. The Kier molecular flexibility index (Phi) is 4.61. The van der Waals surface area contributed by atoms with E-state index in [1.807, 2.05) is 36.4 Å². The van der Waals surface area contributed by atoms with E-state index in [1.165, 1.54) is 0 Å². The molecule has 0 N–H and O–H groups in total. The molecule has 0 unspecified atom stereocenters. The Balaban J connectivity index is 2.05. The summed E-state index contributed by atoms with van der Waals surface area (Å²) >= 11 is 3.37. The zero-order valence-corrected chi connectivity index (χ0v) is 11.6. The summed E-state index contributed by atoms with van der Waals surface area (Å²) < 4.78 is 6.31. The van der Waals surface area contributed by atoms with E-state index in [9.17, 15) is 0 Å². The third kappa shape index (κ3) is 3.61. The minimum Gasteiger partial charge on any atom is -0.491 e. The van der Waals surface area contributed by atoms with Crippen LogP contribution in [-0.4, -0.2) is 6.61 Å². The number of ether oxygens (including phenoxy) is 1. The van der Waals surface area contributed by atoms with Gasteiger partial charge in [-0.2, -0.15) is 0 Å². The molecule has 2 aromatic carbocycles. The second-order valence-electron chi connectivity index (χ2n) is 3.66. The molecule has 0 spiro atoms. The van der Waals surface area contributed by atoms with E-state index < -0.39 is 0 Å². The Labute approximate surface area is 121 Å². The van der Waals surface area contributed by atoms with E-state index in [4.69, 9.17) is 11.3 Å². The average Bonchev–Trinajstić information content (AvgIpc) is 2.46. The van der Waals surface area contributed by atoms with Gasteiger partial charge >= 0.3 is 0 Å². The maximum Gasteiger partial charge on any atom is 0.229 e. The largest absolute Gasteiger partial charge is 0.491 e. The maximum absolute atomic E-state index is 7.08. The summed E-state index contributed by atoms with van der Waals surface area (Å²) in [4.78, 5) is 3.42. The molecule has 0 heterocycles. The van der Waals surface area contributed by atoms with Gasteiger partial charge in [0.2, 0.25) is 5.69 Å². The third-order valence-electron chi connectivity index (χ3n) is 2.36. The molecule has 0 saturated heterocycles. The van der Waals surface area contributed by atoms with Crippen molar-refractivity contribution in [2.75, 3.05) is 6.61 Å². The first-order valence-electron chi connectivity index (χ1n) is 5.64. The van der Waals surface area contributed by atoms with Crippen LogP contribution < -0.4 is 4.74 Å². The van der Waals surface area contributed by atoms with Crippen LogP contribution in [0.3, 0.4) is 0 Å². The predicted molar refractivity (Wildman–Crippen MR) is 79.2 cm³/mol. The molecule has 0 bridgehead atoms. The summed E-state index contributed by atoms with van der Waals surface area (Å²) in [5.41, 5.74) is 1.43. The fourth-order valence-electron chi connectivity index (χ4n) is 1.50. The summed E-state index contributed by atoms with van der Waals surface area (Å²) in [6.07, 6.45) is 0. The second kappa shape index (κ2) is 6.64. The fraction of sp³-hybridized carbons (Fsp3) is 0.0625. The van der Waals surface area contributed by atoms with E-state index in [0.717, 1.165) is 10.0 Å². The van der Waals surface area contributed by atoms with Gasteiger partial charge in [-0.3, -0.25) is 0 Å². The highest BCUT2D eigenvalue weighted by molar-refractivity contribution is 9.10. The minimum atomic E-state index is 0.250. The first kappa shape index (κ1) is 13.2. The summed E-state index contributed by atoms with van der Waals surface area (Å²) in [5.74, 6) is 6.48. The first-order valence-corrected chi connectivity index (χ1v) is 6.43. The average molecular weight is 312 g/mol. The molecular formula is C16H10BrNO. The lowest BCUT2D eigenvalue weighted by atomic mass is 10.2. The third-order valence-corrected chi connectivity index (χ3v) is 2.99. The Hall–Kier alpha value is -2.23. The van der Waals surface area contributed by atoms with Gasteiger partial charge in [0.25, 0.3) is 0 Å². The van der Waals surface area contributed by atoms with Crippen LogP contribution in [-0.2, 0) is 0 Å². The molecule has 0 amide bonds. The highest BCUT2D eigenvalue weighted by atomic mass is 79.9. The number of para-hydroxylation sites is 1. The number of nitrogens with zero attached hydrogens (tertiary/aromatic N) is 1. The Bertz CT molecular complexity index is 663. The van der Waals surface area contributed by atoms with Gasteiger partial charge in [0.1, 0.15) is 12.4 Å². The number of hydrogen-bond acceptors (Lipinski definition) is 1. The van der Waals surface area contributed by atoms with Gasteiger partial charge in [-0.05, 0) is 34.1 Å². The topological polar surface area (TPSA) is 13.6 Å². The summed E-state index contributed by atoms with van der Waals surface area (Å²) in [5, 5.41) is 0. The second-order valence-corrected chi connectivity index (χ2v) is 4.51. The summed E-state index contributed by atoms with van der Waals surface area (Å²) in [6.45, 7) is 7.33. The molecule has 19 heavy (non-hydrogen) atoms. The molecule has 2 nitrogen and oxygen atoms in total. The first-order chi connectivity index (χ1) is 9.31. The summed E-state index contributed by atoms with van der Waals surface area (Å²) in [7, 11) is 0. The molecule has 0 fully saturated rings. The van der Waals surface area contributed by atoms with Gasteiger partial charge in [-0.15, -0.1) is 0 Å². The van der Waals surface area contributed by atoms with E-state index in [-0.39, 0.29) is 6.61 Å². The molecule has 0 aliphatic carbocycles. The van der Waals surface area contributed by atoms with Crippen molar-refractivity contribution in [3.05, 3.63) is 70.0 Å². The molecule has 2 rings (SSSR count). The molecule has 0 saturated carbocycles. The fourth-order valence-corrected chi connectivity index (χ4v) is 1.97. The van der Waals surface area contributed by atoms with E-state index in [2.05, 4.69) is 32.6 Å². The highest BCUT2D eigenvalue weighted by Crippen LogP contribution is 2.35. The molecule has 0 aromatic heterocycles. The monoisotopic (exact) mass is 311 g/mol. The van der Waals surface area contributed by atoms with Gasteiger partial charge in [-0.1, -0.05) is 42.2 Å². The van der Waals surface area contributed by atoms with Crippen molar-refractivity contribution in [1.29, 1.82) is 0 Å². The maximum atomic E-state index is 7.08. The Morgan fingerprint density at radius 3 is 2.63 bits per heavy atom. The molecule has 0 atom stereocenters. The van der Waals surface area contributed by atoms with Gasteiger partial charge in [-0.25, -0.2) is 4.85 Å². The number of hydrogen-bond donors (Lipinski definition) is 0. The van der Waals surface area contributed by atoms with Crippen LogP contribution in [0.25, 0.3) is 4.85 Å². The Morgan fingerprint density at radius 2 is 1.89 bits per heavy atom. The summed E-state index contributed by atoms with van der Waals surface area (Å²) in [6, 6.07) is 15.1. The lowest BCUT2D eigenvalue weighted by molar-refractivity contribution is 0.370. The van der Waals surface area contributed by atoms with Crippen molar-refractivity contribution in [3.63, 3.8) is 0 Å². The number of halogens is 1. The van der Waals surface area contributed by atoms with E-state index >= 15 is 0 Å². The molecule has 0 radical (unpaired) electrons. The van der Waals surface area contributed by atoms with Crippen molar-refractivity contribution in [2.24, 2.45) is 0 Å². The number of rotatable bonds is 2. The minimum absolute atomic E-state index is 0.250. The van der Waals surface area contributed by atoms with E-state index in [0.29, 0.717) is 11.4 Å². The lowest BCUT2D eigenvalue weighted by Crippen LogP contribution is -1.95. The van der Waals surface area contributed by atoms with Crippen LogP contribution in [0.4, 0.5) is 5.69 Å². The van der Waals surface area contributed by atoms with Crippen LogP contribution in [0.2, 0.25) is 0 Å². The van der Waals surface area contributed by atoms with Crippen molar-refractivity contribution in [3.8, 4) is 17.6 Å². The van der Waals surface area contributed by atoms with Crippen LogP contribution in [0.1, 0.15) is 5.56 Å². The van der Waals surface area contributed by atoms with Crippen molar-refractivity contribution >= 4 is 21.6 Å². The van der Waals surface area contributed by atoms with Crippen molar-refractivity contribution in [1.82, 2.24) is 0 Å². The molecule has 92 valence electrons. The standard InChI is InChI=1S/C16H10BrNO/c1-18-15-11-5-10-14(17)16(15)19-12-6-9-13-7-3-2-4-8-13/h2-5,7-8,10-11H,12H2. The van der Waals surface area contributed by atoms with Crippen molar-refractivity contribution < 1.29 is 4.74 Å². The van der Waals surface area contributed by atoms with Gasteiger partial charge in [0.05, 0.1) is 6.57 Å². The van der Waals surface area contributed by atoms with Crippen LogP contribution in [0, 0.1) is 18.4 Å². The highest BCUT2D eigenvalue weighted by Gasteiger charge is 2.06. The molecule has 3 heteroatoms. The quantitative estimate of drug-likeness (QED) is 0.591. The van der Waals surface area contributed by atoms with Crippen LogP contribution in [0.15, 0.2) is 53.0 Å². The lowest BCUT2D eigenvalue weighted by Gasteiger charge is -2.06. The smallest absolute Gasteiger partial charge is 0.229 e. The predicted octanol–water partition coefficient (Wildman–Crippen LogP) is 4.43.